The minimum atomic E-state index is 0.0196. The molecule has 0 saturated heterocycles. The van der Waals surface area contributed by atoms with Crippen molar-refractivity contribution in [3.63, 3.8) is 0 Å². The Labute approximate surface area is 107 Å². The molecule has 0 aliphatic rings. The molecule has 3 N–H and O–H groups in total. The van der Waals surface area contributed by atoms with E-state index in [1.54, 1.807) is 12.1 Å². The Morgan fingerprint density at radius 2 is 1.81 bits per heavy atom. The quantitative estimate of drug-likeness (QED) is 0.639. The highest BCUT2D eigenvalue weighted by Gasteiger charge is 2.22. The Kier molecular flexibility index (Phi) is 5.06. The second-order valence-corrected chi connectivity index (χ2v) is 5.26. The van der Waals surface area contributed by atoms with E-state index in [9.17, 15) is 0 Å². The van der Waals surface area contributed by atoms with Gasteiger partial charge in [0.05, 0.1) is 6.04 Å². The first-order chi connectivity index (χ1) is 7.47. The molecular weight excluding hydrogens is 243 g/mol. The topological polar surface area (TPSA) is 38.0 Å². The number of nitrogens with one attached hydrogen (secondary N) is 1. The fraction of sp³-hybridized carbons (Fsp3) is 0.500. The molecule has 0 spiro atoms. The van der Waals surface area contributed by atoms with Crippen LogP contribution < -0.4 is 11.3 Å². The maximum atomic E-state index is 6.16. The normalized spacial score (nSPS) is 15.2. The summed E-state index contributed by atoms with van der Waals surface area (Å²) in [5, 5.41) is 1.37. The molecular formula is C12H18Cl2N2. The van der Waals surface area contributed by atoms with Crippen LogP contribution in [0.15, 0.2) is 18.2 Å². The Morgan fingerprint density at radius 3 is 2.31 bits per heavy atom. The molecule has 0 saturated carbocycles. The summed E-state index contributed by atoms with van der Waals surface area (Å²) in [6.45, 7) is 6.47. The average molecular weight is 261 g/mol. The predicted octanol–water partition coefficient (Wildman–Crippen LogP) is 3.79. The number of rotatable bonds is 4. The van der Waals surface area contributed by atoms with Gasteiger partial charge in [-0.05, 0) is 35.6 Å². The summed E-state index contributed by atoms with van der Waals surface area (Å²) in [5.41, 5.74) is 3.78. The molecule has 16 heavy (non-hydrogen) atoms. The van der Waals surface area contributed by atoms with Crippen molar-refractivity contribution in [2.24, 2.45) is 17.7 Å². The van der Waals surface area contributed by atoms with Gasteiger partial charge < -0.3 is 0 Å². The molecule has 0 fully saturated rings. The van der Waals surface area contributed by atoms with Crippen LogP contribution in [0, 0.1) is 11.8 Å². The van der Waals surface area contributed by atoms with Crippen molar-refractivity contribution < 1.29 is 0 Å². The van der Waals surface area contributed by atoms with Gasteiger partial charge in [-0.15, -0.1) is 0 Å². The summed E-state index contributed by atoms with van der Waals surface area (Å²) in [4.78, 5) is 0. The maximum absolute atomic E-state index is 6.16. The van der Waals surface area contributed by atoms with Gasteiger partial charge in [0.1, 0.15) is 0 Å². The van der Waals surface area contributed by atoms with Crippen LogP contribution in [0.2, 0.25) is 10.0 Å². The van der Waals surface area contributed by atoms with E-state index >= 15 is 0 Å². The number of hydrogen-bond donors (Lipinski definition) is 2. The van der Waals surface area contributed by atoms with E-state index in [4.69, 9.17) is 29.0 Å². The highest BCUT2D eigenvalue weighted by atomic mass is 35.5. The standard InChI is InChI=1S/C12H18Cl2N2/c1-7(2)8(3)12(16-15)10-6-9(13)4-5-11(10)14/h4-8,12,16H,15H2,1-3H3. The fourth-order valence-electron chi connectivity index (χ4n) is 1.66. The first kappa shape index (κ1) is 13.8. The highest BCUT2D eigenvalue weighted by molar-refractivity contribution is 6.33. The lowest BCUT2D eigenvalue weighted by Gasteiger charge is -2.27. The largest absolute Gasteiger partial charge is 0.271 e. The Bertz CT molecular complexity index is 353. The summed E-state index contributed by atoms with van der Waals surface area (Å²) in [6, 6.07) is 5.47. The van der Waals surface area contributed by atoms with Crippen LogP contribution in [0.5, 0.6) is 0 Å². The number of nitrogens with two attached hydrogens (primary N) is 1. The van der Waals surface area contributed by atoms with Crippen molar-refractivity contribution >= 4 is 23.2 Å². The molecule has 1 aromatic rings. The van der Waals surface area contributed by atoms with Gasteiger partial charge in [0.2, 0.25) is 0 Å². The molecule has 4 heteroatoms. The predicted molar refractivity (Wildman–Crippen MR) is 70.5 cm³/mol. The molecule has 0 bridgehead atoms. The Morgan fingerprint density at radius 1 is 1.19 bits per heavy atom. The fourth-order valence-corrected chi connectivity index (χ4v) is 2.08. The van der Waals surface area contributed by atoms with E-state index < -0.39 is 0 Å². The molecule has 2 unspecified atom stereocenters. The van der Waals surface area contributed by atoms with Gasteiger partial charge in [-0.3, -0.25) is 11.3 Å². The van der Waals surface area contributed by atoms with Crippen LogP contribution in [-0.4, -0.2) is 0 Å². The number of hydrogen-bond acceptors (Lipinski definition) is 2. The first-order valence-corrected chi connectivity index (χ1v) is 6.14. The summed E-state index contributed by atoms with van der Waals surface area (Å²) >= 11 is 12.1. The number of benzene rings is 1. The molecule has 1 aromatic carbocycles. The zero-order valence-electron chi connectivity index (χ0n) is 9.80. The molecule has 1 rings (SSSR count). The Hall–Kier alpha value is -0.280. The summed E-state index contributed by atoms with van der Waals surface area (Å²) in [7, 11) is 0. The third-order valence-corrected chi connectivity index (χ3v) is 3.63. The van der Waals surface area contributed by atoms with Gasteiger partial charge in [-0.2, -0.15) is 0 Å². The zero-order valence-corrected chi connectivity index (χ0v) is 11.3. The lowest BCUT2D eigenvalue weighted by atomic mass is 9.86. The molecule has 0 heterocycles. The monoisotopic (exact) mass is 260 g/mol. The van der Waals surface area contributed by atoms with Crippen molar-refractivity contribution in [3.05, 3.63) is 33.8 Å². The summed E-state index contributed by atoms with van der Waals surface area (Å²) in [6.07, 6.45) is 0. The first-order valence-electron chi connectivity index (χ1n) is 5.38. The van der Waals surface area contributed by atoms with E-state index in [0.717, 1.165) is 5.56 Å². The van der Waals surface area contributed by atoms with E-state index in [-0.39, 0.29) is 6.04 Å². The molecule has 0 aliphatic heterocycles. The molecule has 2 nitrogen and oxygen atoms in total. The van der Waals surface area contributed by atoms with Crippen molar-refractivity contribution in [2.45, 2.75) is 26.8 Å². The van der Waals surface area contributed by atoms with E-state index in [1.165, 1.54) is 0 Å². The smallest absolute Gasteiger partial charge is 0.0503 e. The van der Waals surface area contributed by atoms with Crippen LogP contribution >= 0.6 is 23.2 Å². The summed E-state index contributed by atoms with van der Waals surface area (Å²) in [5.74, 6) is 6.50. The molecule has 2 atom stereocenters. The third-order valence-electron chi connectivity index (χ3n) is 3.05. The molecule has 90 valence electrons. The van der Waals surface area contributed by atoms with Gasteiger partial charge in [0.25, 0.3) is 0 Å². The van der Waals surface area contributed by atoms with Gasteiger partial charge >= 0.3 is 0 Å². The lowest BCUT2D eigenvalue weighted by molar-refractivity contribution is 0.306. The van der Waals surface area contributed by atoms with Crippen LogP contribution in [0.25, 0.3) is 0 Å². The lowest BCUT2D eigenvalue weighted by Crippen LogP contribution is -2.34. The van der Waals surface area contributed by atoms with Gasteiger partial charge in [-0.25, -0.2) is 0 Å². The third kappa shape index (κ3) is 3.11. The summed E-state index contributed by atoms with van der Waals surface area (Å²) < 4.78 is 0. The minimum absolute atomic E-state index is 0.0196. The van der Waals surface area contributed by atoms with Crippen molar-refractivity contribution in [2.75, 3.05) is 0 Å². The minimum Gasteiger partial charge on any atom is -0.271 e. The highest BCUT2D eigenvalue weighted by Crippen LogP contribution is 2.33. The van der Waals surface area contributed by atoms with Gasteiger partial charge in [0, 0.05) is 10.0 Å². The second kappa shape index (κ2) is 5.87. The number of hydrazine groups is 1. The molecule has 0 aliphatic carbocycles. The average Bonchev–Trinajstić information content (AvgIpc) is 2.23. The van der Waals surface area contributed by atoms with Crippen LogP contribution in [0.3, 0.4) is 0 Å². The van der Waals surface area contributed by atoms with Gasteiger partial charge in [0.15, 0.2) is 0 Å². The van der Waals surface area contributed by atoms with E-state index in [2.05, 4.69) is 26.2 Å². The molecule has 0 radical (unpaired) electrons. The van der Waals surface area contributed by atoms with Crippen LogP contribution in [-0.2, 0) is 0 Å². The van der Waals surface area contributed by atoms with Crippen molar-refractivity contribution in [1.82, 2.24) is 5.43 Å². The second-order valence-electron chi connectivity index (χ2n) is 4.41. The van der Waals surface area contributed by atoms with Crippen LogP contribution in [0.1, 0.15) is 32.4 Å². The molecule has 0 aromatic heterocycles. The maximum Gasteiger partial charge on any atom is 0.0503 e. The SMILES string of the molecule is CC(C)C(C)C(NN)c1cc(Cl)ccc1Cl. The van der Waals surface area contributed by atoms with E-state index in [0.29, 0.717) is 21.9 Å². The zero-order chi connectivity index (χ0) is 12.3. The molecule has 0 amide bonds. The van der Waals surface area contributed by atoms with Crippen molar-refractivity contribution in [1.29, 1.82) is 0 Å². The number of halogens is 2. The van der Waals surface area contributed by atoms with Crippen molar-refractivity contribution in [3.8, 4) is 0 Å². The van der Waals surface area contributed by atoms with E-state index in [1.807, 2.05) is 6.07 Å². The van der Waals surface area contributed by atoms with Crippen LogP contribution in [0.4, 0.5) is 0 Å². The van der Waals surface area contributed by atoms with Gasteiger partial charge in [-0.1, -0.05) is 44.0 Å². The Balaban J connectivity index is 3.07.